The summed E-state index contributed by atoms with van der Waals surface area (Å²) >= 11 is 0. The number of methoxy groups -OCH3 is 1. The number of ether oxygens (including phenoxy) is 1. The zero-order valence-corrected chi connectivity index (χ0v) is 30.7. The number of allylic oxidation sites excluding steroid dienone is 1. The molecule has 0 spiro atoms. The van der Waals surface area contributed by atoms with Crippen molar-refractivity contribution in [3.05, 3.63) is 65.8 Å². The van der Waals surface area contributed by atoms with E-state index in [1.807, 2.05) is 26.8 Å². The van der Waals surface area contributed by atoms with Crippen LogP contribution < -0.4 is 4.74 Å². The Morgan fingerprint density at radius 3 is 2.34 bits per heavy atom. The molecule has 1 amide bonds. The Morgan fingerprint density at radius 1 is 1.06 bits per heavy atom. The molecule has 14 nitrogen and oxygen atoms in total. The van der Waals surface area contributed by atoms with E-state index in [1.54, 1.807) is 50.6 Å². The molecule has 0 N–H and O–H groups in total. The van der Waals surface area contributed by atoms with Crippen LogP contribution in [0.25, 0.3) is 22.3 Å². The summed E-state index contributed by atoms with van der Waals surface area (Å²) in [4.78, 5) is 42.6. The van der Waals surface area contributed by atoms with Gasteiger partial charge in [0.2, 0.25) is 0 Å². The second kappa shape index (κ2) is 14.3. The first kappa shape index (κ1) is 36.6. The normalized spacial score (nSPS) is 15.1. The van der Waals surface area contributed by atoms with Crippen LogP contribution in [0.15, 0.2) is 48.7 Å². The summed E-state index contributed by atoms with van der Waals surface area (Å²) in [6, 6.07) is 7.63. The van der Waals surface area contributed by atoms with E-state index in [0.29, 0.717) is 46.7 Å². The molecule has 0 bridgehead atoms. The summed E-state index contributed by atoms with van der Waals surface area (Å²) in [5.74, 6) is -0.430. The number of carbonyl (C=O) groups is 2. The van der Waals surface area contributed by atoms with E-state index in [1.165, 1.54) is 35.4 Å². The van der Waals surface area contributed by atoms with Gasteiger partial charge in [0.25, 0.3) is 11.7 Å². The molecule has 264 valence electrons. The van der Waals surface area contributed by atoms with Crippen LogP contribution in [0.2, 0.25) is 0 Å². The highest BCUT2D eigenvalue weighted by Gasteiger charge is 2.37. The molecule has 1 fully saturated rings. The van der Waals surface area contributed by atoms with Crippen LogP contribution in [0.1, 0.15) is 76.3 Å². The van der Waals surface area contributed by atoms with E-state index < -0.39 is 30.3 Å². The van der Waals surface area contributed by atoms with Gasteiger partial charge in [0.15, 0.2) is 5.82 Å². The molecule has 5 heterocycles. The van der Waals surface area contributed by atoms with Crippen molar-refractivity contribution in [3.63, 3.8) is 0 Å². The van der Waals surface area contributed by atoms with Gasteiger partial charge in [-0.05, 0) is 63.7 Å². The highest BCUT2D eigenvalue weighted by atomic mass is 31.2. The van der Waals surface area contributed by atoms with Gasteiger partial charge in [-0.2, -0.15) is 10.4 Å². The van der Waals surface area contributed by atoms with Gasteiger partial charge in [0.05, 0.1) is 47.3 Å². The maximum atomic E-state index is 14.2. The third-order valence-electron chi connectivity index (χ3n) is 7.84. The smallest absolute Gasteiger partial charge is 0.333 e. The Bertz CT molecular complexity index is 2000. The number of ketones is 1. The van der Waals surface area contributed by atoms with Crippen LogP contribution in [0.3, 0.4) is 0 Å². The Hall–Kier alpha value is -4.70. The number of likely N-dealkylation sites (tertiary alicyclic amines) is 1. The lowest BCUT2D eigenvalue weighted by Crippen LogP contribution is -2.40. The first-order valence-electron chi connectivity index (χ1n) is 16.3. The maximum Gasteiger partial charge on any atom is 0.333 e. The number of aryl methyl sites for hydroxylation is 1. The number of hydrogen-bond donors (Lipinski definition) is 0. The zero-order valence-electron chi connectivity index (χ0n) is 29.8. The van der Waals surface area contributed by atoms with Gasteiger partial charge in [0.1, 0.15) is 36.2 Å². The van der Waals surface area contributed by atoms with Crippen molar-refractivity contribution in [1.29, 1.82) is 5.26 Å². The molecule has 1 unspecified atom stereocenters. The van der Waals surface area contributed by atoms with Gasteiger partial charge < -0.3 is 18.7 Å². The molecule has 15 heteroatoms. The molecule has 0 aromatic carbocycles. The van der Waals surface area contributed by atoms with Crippen molar-refractivity contribution in [2.24, 2.45) is 5.41 Å². The predicted molar refractivity (Wildman–Crippen MR) is 187 cm³/mol. The lowest BCUT2D eigenvalue weighted by molar-refractivity contribution is -0.126. The van der Waals surface area contributed by atoms with Gasteiger partial charge in [-0.25, -0.2) is 14.6 Å². The number of amides is 1. The van der Waals surface area contributed by atoms with Crippen LogP contribution in [0.4, 0.5) is 0 Å². The highest BCUT2D eigenvalue weighted by Crippen LogP contribution is 2.55. The molecule has 1 aliphatic rings. The van der Waals surface area contributed by atoms with Gasteiger partial charge in [-0.15, -0.1) is 0 Å². The minimum absolute atomic E-state index is 0.0564. The monoisotopic (exact) mass is 702 g/mol. The Balaban J connectivity index is 1.54. The SMILES string of the molecule is COc1cnc(-n2cnc(C)n2)c2c1c(C(=O)C(=O)N1CCC(=C(C#N)c3ccccn3)CC1)cn2COP(=O)(CC(C)(C)C)OC(C)(C)C. The van der Waals surface area contributed by atoms with Crippen molar-refractivity contribution >= 4 is 35.8 Å². The molecular formula is C35H43N8O6P. The quantitative estimate of drug-likeness (QED) is 0.0806. The maximum absolute atomic E-state index is 14.2. The third-order valence-corrected chi connectivity index (χ3v) is 10.5. The number of carbonyl (C=O) groups excluding carboxylic acids is 2. The van der Waals surface area contributed by atoms with Crippen LogP contribution in [-0.4, -0.2) is 77.9 Å². The largest absolute Gasteiger partial charge is 0.494 e. The standard InChI is InChI=1S/C35H43N8O6P/c1-23-39-21-43(40-23)32-30-29(28(47-8)18-38-32)26(19-42(30)22-48-50(46,20-34(2,3)4)49-35(5,6)7)31(44)33(45)41-15-12-24(13-16-41)25(17-36)27-11-9-10-14-37-27/h9-11,14,18-19,21H,12-13,15-16,20,22H2,1-8H3. The fourth-order valence-electron chi connectivity index (χ4n) is 5.90. The second-order valence-electron chi connectivity index (χ2n) is 14.3. The van der Waals surface area contributed by atoms with Crippen molar-refractivity contribution < 1.29 is 27.9 Å². The first-order valence-corrected chi connectivity index (χ1v) is 18.0. The van der Waals surface area contributed by atoms with Crippen molar-refractivity contribution in [2.75, 3.05) is 26.4 Å². The van der Waals surface area contributed by atoms with Crippen LogP contribution in [-0.2, 0) is 25.1 Å². The fourth-order valence-corrected chi connectivity index (χ4v) is 8.41. The molecule has 1 aliphatic heterocycles. The molecule has 4 aromatic heterocycles. The van der Waals surface area contributed by atoms with Gasteiger partial charge >= 0.3 is 7.60 Å². The summed E-state index contributed by atoms with van der Waals surface area (Å²) in [5.41, 5.74) is 1.21. The van der Waals surface area contributed by atoms with Gasteiger partial charge in [-0.1, -0.05) is 26.8 Å². The molecule has 1 saturated heterocycles. The van der Waals surface area contributed by atoms with E-state index in [-0.39, 0.29) is 37.3 Å². The van der Waals surface area contributed by atoms with E-state index in [0.717, 1.165) is 5.57 Å². The molecule has 5 rings (SSSR count). The minimum Gasteiger partial charge on any atom is -0.494 e. The molecule has 4 aromatic rings. The molecule has 50 heavy (non-hydrogen) atoms. The average Bonchev–Trinajstić information content (AvgIpc) is 3.66. The highest BCUT2D eigenvalue weighted by molar-refractivity contribution is 7.53. The molecule has 0 saturated carbocycles. The summed E-state index contributed by atoms with van der Waals surface area (Å²) in [7, 11) is -2.26. The second-order valence-corrected chi connectivity index (χ2v) is 16.3. The van der Waals surface area contributed by atoms with Crippen molar-refractivity contribution in [2.45, 2.75) is 73.6 Å². The molecule has 1 atom stereocenters. The van der Waals surface area contributed by atoms with Crippen molar-refractivity contribution in [3.8, 4) is 17.6 Å². The average molecular weight is 703 g/mol. The number of Topliss-reactive ketones (excluding diaryl/α,β-unsaturated/α-hetero) is 1. The summed E-state index contributed by atoms with van der Waals surface area (Å²) in [6.07, 6.45) is 7.05. The fraction of sp³-hybridized carbons (Fsp3) is 0.457. The topological polar surface area (TPSA) is 167 Å². The van der Waals surface area contributed by atoms with Gasteiger partial charge in [-0.3, -0.25) is 23.7 Å². The number of rotatable bonds is 10. The lowest BCUT2D eigenvalue weighted by Gasteiger charge is -2.31. The summed E-state index contributed by atoms with van der Waals surface area (Å²) in [5, 5.41) is 14.6. The number of hydrogen-bond acceptors (Lipinski definition) is 11. The summed E-state index contributed by atoms with van der Waals surface area (Å²) in [6.45, 7) is 13.2. The zero-order chi connectivity index (χ0) is 36.4. The Morgan fingerprint density at radius 2 is 1.78 bits per heavy atom. The Labute approximate surface area is 291 Å². The number of fused-ring (bicyclic) bond motifs is 1. The summed E-state index contributed by atoms with van der Waals surface area (Å²) < 4.78 is 35.1. The first-order chi connectivity index (χ1) is 23.5. The number of nitriles is 1. The molecular weight excluding hydrogens is 659 g/mol. The number of aromatic nitrogens is 6. The van der Waals surface area contributed by atoms with Crippen LogP contribution in [0, 0.1) is 23.7 Å². The van der Waals surface area contributed by atoms with Crippen LogP contribution in [0.5, 0.6) is 5.75 Å². The van der Waals surface area contributed by atoms with E-state index in [2.05, 4.69) is 26.1 Å². The van der Waals surface area contributed by atoms with E-state index in [9.17, 15) is 19.4 Å². The molecule has 0 radical (unpaired) electrons. The number of piperidine rings is 1. The minimum atomic E-state index is -3.70. The Kier molecular flexibility index (Phi) is 10.4. The van der Waals surface area contributed by atoms with Crippen molar-refractivity contribution in [1.82, 2.24) is 34.2 Å². The van der Waals surface area contributed by atoms with E-state index in [4.69, 9.17) is 13.8 Å². The predicted octanol–water partition coefficient (Wildman–Crippen LogP) is 6.14. The third kappa shape index (κ3) is 8.18. The molecule has 0 aliphatic carbocycles. The van der Waals surface area contributed by atoms with E-state index >= 15 is 0 Å². The number of nitrogens with zero attached hydrogens (tertiary/aromatic N) is 8. The van der Waals surface area contributed by atoms with Crippen LogP contribution >= 0.6 is 7.60 Å². The van der Waals surface area contributed by atoms with Gasteiger partial charge in [0, 0.05) is 25.5 Å². The number of pyridine rings is 2. The lowest BCUT2D eigenvalue weighted by atomic mass is 9.95.